The van der Waals surface area contributed by atoms with Crippen LogP contribution in [0.1, 0.15) is 115 Å². The number of hydrogen-bond donors (Lipinski definition) is 1. The van der Waals surface area contributed by atoms with Gasteiger partial charge in [0.15, 0.2) is 0 Å². The number of benzene rings is 7. The Hall–Kier alpha value is -7.04. The van der Waals surface area contributed by atoms with Crippen LogP contribution in [0.25, 0.3) is 83.9 Å². The molecule has 69 heavy (non-hydrogen) atoms. The number of aryl methyl sites for hydroxylation is 1. The Kier molecular flexibility index (Phi) is 11.0. The molecule has 0 aliphatic heterocycles. The summed E-state index contributed by atoms with van der Waals surface area (Å²) in [5.74, 6) is 0.653. The zero-order chi connectivity index (χ0) is 51.7. The van der Waals surface area contributed by atoms with E-state index >= 15 is 0 Å². The fraction of sp³-hybridized carbons (Fsp3) is 0.262. The lowest BCUT2D eigenvalue weighted by Crippen LogP contribution is -2.17. The predicted octanol–water partition coefficient (Wildman–Crippen LogP) is 17.6. The van der Waals surface area contributed by atoms with Crippen molar-refractivity contribution in [3.8, 4) is 78.6 Å². The normalized spacial score (nSPS) is 13.3. The van der Waals surface area contributed by atoms with E-state index in [1.807, 2.05) is 30.5 Å². The first-order valence-electron chi connectivity index (χ1n) is 25.7. The van der Waals surface area contributed by atoms with Gasteiger partial charge >= 0.3 is 0 Å². The van der Waals surface area contributed by atoms with Crippen LogP contribution < -0.4 is 0 Å². The molecule has 0 spiro atoms. The number of phenols is 1. The SMILES string of the molecule is [2H]C([2H])([2H])c1cc(-n2c(-c3cc(C(C)(C)C)cc(C(C)(C)C)c3O)nc3c(-c4cc(-c5ccccc5)cc(-c5cc(-c6ccccc6)ccn5)c4)cccc32)c(-c2ccc(C(C)(C)C)cc2)cc1C(C)(C)C. The Morgan fingerprint density at radius 1 is 0.449 bits per heavy atom. The summed E-state index contributed by atoms with van der Waals surface area (Å²) in [6.07, 6.45) is 1.87. The molecule has 0 aliphatic carbocycles. The Bertz CT molecular complexity index is 3470. The summed E-state index contributed by atoms with van der Waals surface area (Å²) >= 11 is 0. The molecule has 0 radical (unpaired) electrons. The van der Waals surface area contributed by atoms with Crippen molar-refractivity contribution in [2.45, 2.75) is 112 Å². The van der Waals surface area contributed by atoms with Crippen molar-refractivity contribution in [3.05, 3.63) is 192 Å². The summed E-state index contributed by atoms with van der Waals surface area (Å²) in [5.41, 5.74) is 15.2. The molecule has 7 aromatic carbocycles. The van der Waals surface area contributed by atoms with Crippen LogP contribution in [-0.2, 0) is 21.7 Å². The molecule has 0 amide bonds. The van der Waals surface area contributed by atoms with E-state index in [2.05, 4.69) is 221 Å². The van der Waals surface area contributed by atoms with Crippen LogP contribution >= 0.6 is 0 Å². The van der Waals surface area contributed by atoms with Crippen molar-refractivity contribution >= 4 is 11.0 Å². The summed E-state index contributed by atoms with van der Waals surface area (Å²) in [5, 5.41) is 12.8. The summed E-state index contributed by atoms with van der Waals surface area (Å²) in [4.78, 5) is 10.6. The zero-order valence-electron chi connectivity index (χ0n) is 45.4. The lowest BCUT2D eigenvalue weighted by atomic mass is 9.78. The summed E-state index contributed by atoms with van der Waals surface area (Å²) in [6, 6.07) is 54.6. The average molecular weight is 909 g/mol. The third-order valence-electron chi connectivity index (χ3n) is 13.5. The number of aromatic hydroxyl groups is 1. The number of pyridine rings is 1. The molecule has 0 atom stereocenters. The third-order valence-corrected chi connectivity index (χ3v) is 13.5. The van der Waals surface area contributed by atoms with Crippen molar-refractivity contribution in [2.24, 2.45) is 0 Å². The highest BCUT2D eigenvalue weighted by Crippen LogP contribution is 2.47. The van der Waals surface area contributed by atoms with E-state index in [1.54, 1.807) is 0 Å². The topological polar surface area (TPSA) is 50.9 Å². The first-order chi connectivity index (χ1) is 33.8. The maximum absolute atomic E-state index is 12.8. The molecule has 9 rings (SSSR count). The maximum atomic E-state index is 12.8. The van der Waals surface area contributed by atoms with Gasteiger partial charge in [-0.2, -0.15) is 0 Å². The lowest BCUT2D eigenvalue weighted by Gasteiger charge is -2.28. The molecule has 4 heteroatoms. The molecule has 1 N–H and O–H groups in total. The molecule has 2 aromatic heterocycles. The second-order valence-electron chi connectivity index (χ2n) is 22.8. The first-order valence-corrected chi connectivity index (χ1v) is 24.2. The van der Waals surface area contributed by atoms with Crippen LogP contribution in [0.15, 0.2) is 164 Å². The fourth-order valence-corrected chi connectivity index (χ4v) is 9.47. The van der Waals surface area contributed by atoms with E-state index in [1.165, 1.54) is 5.56 Å². The number of aromatic nitrogens is 3. The molecule has 4 nitrogen and oxygen atoms in total. The predicted molar refractivity (Wildman–Crippen MR) is 293 cm³/mol. The van der Waals surface area contributed by atoms with Gasteiger partial charge in [0.2, 0.25) is 0 Å². The van der Waals surface area contributed by atoms with E-state index in [0.717, 1.165) is 78.0 Å². The molecular weight excluding hydrogens is 839 g/mol. The van der Waals surface area contributed by atoms with Gasteiger partial charge in [0, 0.05) is 32.6 Å². The Labute approximate surface area is 415 Å². The molecule has 2 heterocycles. The van der Waals surface area contributed by atoms with Gasteiger partial charge in [0.1, 0.15) is 11.6 Å². The van der Waals surface area contributed by atoms with E-state index in [0.29, 0.717) is 22.6 Å². The maximum Gasteiger partial charge on any atom is 0.149 e. The van der Waals surface area contributed by atoms with Crippen molar-refractivity contribution in [3.63, 3.8) is 0 Å². The molecule has 0 fully saturated rings. The minimum absolute atomic E-state index is 0.0774. The summed E-state index contributed by atoms with van der Waals surface area (Å²) < 4.78 is 29.3. The molecule has 0 saturated heterocycles. The number of imidazole rings is 1. The standard InChI is InChI=1S/C65H67N3O/c1-41-33-58(52(40-54(41)64(8,9)10)44-27-29-49(30-28-44)62(2,3)4)68-57-26-20-25-51(59(57)67-61(68)53-38-50(63(5,6)7)39-55(60(53)69)65(11,12)13)47-34-46(43-23-18-15-19-24-43)35-48(36-47)56-37-45(31-32-66-56)42-21-16-14-17-22-42/h14-40,69H,1-13H3/i1D3. The second kappa shape index (κ2) is 17.5. The van der Waals surface area contributed by atoms with E-state index < -0.39 is 17.7 Å². The van der Waals surface area contributed by atoms with Crippen molar-refractivity contribution in [2.75, 3.05) is 0 Å². The molecule has 0 unspecified atom stereocenters. The minimum Gasteiger partial charge on any atom is -0.507 e. The molecule has 0 aliphatic rings. The third kappa shape index (κ3) is 9.30. The van der Waals surface area contributed by atoms with Crippen LogP contribution in [0.3, 0.4) is 0 Å². The van der Waals surface area contributed by atoms with E-state index in [4.69, 9.17) is 14.1 Å². The van der Waals surface area contributed by atoms with Crippen molar-refractivity contribution in [1.29, 1.82) is 0 Å². The number of para-hydroxylation sites is 1. The second-order valence-corrected chi connectivity index (χ2v) is 22.8. The van der Waals surface area contributed by atoms with Crippen LogP contribution in [0, 0.1) is 6.85 Å². The Balaban J connectivity index is 1.42. The van der Waals surface area contributed by atoms with Crippen LogP contribution in [0.4, 0.5) is 0 Å². The highest BCUT2D eigenvalue weighted by Gasteiger charge is 2.30. The van der Waals surface area contributed by atoms with Crippen molar-refractivity contribution < 1.29 is 9.22 Å². The van der Waals surface area contributed by atoms with Crippen LogP contribution in [0.2, 0.25) is 0 Å². The van der Waals surface area contributed by atoms with Gasteiger partial charge < -0.3 is 5.11 Å². The number of hydrogen-bond acceptors (Lipinski definition) is 3. The molecule has 9 aromatic rings. The molecule has 0 bridgehead atoms. The summed E-state index contributed by atoms with van der Waals surface area (Å²) in [7, 11) is 0. The zero-order valence-corrected chi connectivity index (χ0v) is 42.4. The van der Waals surface area contributed by atoms with Gasteiger partial charge in [-0.3, -0.25) is 9.55 Å². The lowest BCUT2D eigenvalue weighted by molar-refractivity contribution is 0.446. The van der Waals surface area contributed by atoms with Crippen LogP contribution in [0.5, 0.6) is 5.75 Å². The van der Waals surface area contributed by atoms with Crippen LogP contribution in [-0.4, -0.2) is 19.6 Å². The van der Waals surface area contributed by atoms with E-state index in [-0.39, 0.29) is 22.1 Å². The van der Waals surface area contributed by atoms with Crippen molar-refractivity contribution in [1.82, 2.24) is 14.5 Å². The largest absolute Gasteiger partial charge is 0.507 e. The number of rotatable bonds is 7. The smallest absolute Gasteiger partial charge is 0.149 e. The highest BCUT2D eigenvalue weighted by molar-refractivity contribution is 5.98. The quantitative estimate of drug-likeness (QED) is 0.173. The molecular formula is C65H67N3O. The van der Waals surface area contributed by atoms with E-state index in [9.17, 15) is 5.11 Å². The Morgan fingerprint density at radius 2 is 1.06 bits per heavy atom. The number of nitrogens with zero attached hydrogens (tertiary/aromatic N) is 3. The minimum atomic E-state index is -2.44. The Morgan fingerprint density at radius 3 is 1.67 bits per heavy atom. The van der Waals surface area contributed by atoms with Gasteiger partial charge in [-0.1, -0.05) is 186 Å². The fourth-order valence-electron chi connectivity index (χ4n) is 9.47. The molecule has 348 valence electrons. The molecule has 0 saturated carbocycles. The number of fused-ring (bicyclic) bond motifs is 1. The number of phenolic OH excluding ortho intramolecular Hbond substituents is 1. The van der Waals surface area contributed by atoms with Gasteiger partial charge in [-0.15, -0.1) is 0 Å². The van der Waals surface area contributed by atoms with Gasteiger partial charge in [0.25, 0.3) is 0 Å². The van der Waals surface area contributed by atoms with Gasteiger partial charge in [-0.25, -0.2) is 4.98 Å². The average Bonchev–Trinajstić information content (AvgIpc) is 3.72. The van der Waals surface area contributed by atoms with Gasteiger partial charge in [-0.05, 0) is 139 Å². The monoisotopic (exact) mass is 909 g/mol. The first kappa shape index (κ1) is 43.3. The highest BCUT2D eigenvalue weighted by atomic mass is 16.3. The van der Waals surface area contributed by atoms with Gasteiger partial charge in [0.05, 0.1) is 28.0 Å². The summed E-state index contributed by atoms with van der Waals surface area (Å²) in [6.45, 7) is 23.3.